The third kappa shape index (κ3) is 3.07. The van der Waals surface area contributed by atoms with Crippen LogP contribution in [0.2, 0.25) is 0 Å². The van der Waals surface area contributed by atoms with Gasteiger partial charge in [0.1, 0.15) is 12.4 Å². The predicted octanol–water partition coefficient (Wildman–Crippen LogP) is 4.86. The van der Waals surface area contributed by atoms with Crippen LogP contribution < -0.4 is 0 Å². The molecule has 0 saturated carbocycles. The Morgan fingerprint density at radius 1 is 1.04 bits per heavy atom. The Hall–Kier alpha value is -2.42. The van der Waals surface area contributed by atoms with Gasteiger partial charge in [-0.3, -0.25) is 9.59 Å². The second kappa shape index (κ2) is 6.71. The Bertz CT molecular complexity index is 862. The summed E-state index contributed by atoms with van der Waals surface area (Å²) in [5, 5.41) is 0. The van der Waals surface area contributed by atoms with Gasteiger partial charge >= 0.3 is 5.97 Å². The van der Waals surface area contributed by atoms with Crippen molar-refractivity contribution in [3.8, 4) is 11.1 Å². The van der Waals surface area contributed by atoms with Crippen molar-refractivity contribution >= 4 is 11.8 Å². The molecule has 1 atom stereocenters. The normalized spacial score (nSPS) is 15.5. The van der Waals surface area contributed by atoms with E-state index in [2.05, 4.69) is 24.3 Å². The fraction of sp³-hybridized carbons (Fsp3) is 0.391. The molecule has 0 spiro atoms. The molecule has 2 aromatic rings. The van der Waals surface area contributed by atoms with Crippen LogP contribution >= 0.6 is 0 Å². The number of benzene rings is 2. The smallest absolute Gasteiger partial charge is 0.308 e. The maximum atomic E-state index is 12.1. The number of ether oxygens (including phenoxy) is 1. The van der Waals surface area contributed by atoms with E-state index in [1.807, 2.05) is 45.9 Å². The van der Waals surface area contributed by atoms with Gasteiger partial charge in [0.05, 0.1) is 5.92 Å². The van der Waals surface area contributed by atoms with Gasteiger partial charge in [-0.05, 0) is 48.6 Å². The quantitative estimate of drug-likeness (QED) is 0.723. The average molecular weight is 350 g/mol. The summed E-state index contributed by atoms with van der Waals surface area (Å²) in [6.07, 6.45) is 0. The zero-order valence-corrected chi connectivity index (χ0v) is 16.1. The van der Waals surface area contributed by atoms with E-state index in [1.54, 1.807) is 6.92 Å². The first-order chi connectivity index (χ1) is 12.2. The zero-order chi connectivity index (χ0) is 19.1. The molecule has 3 rings (SSSR count). The maximum Gasteiger partial charge on any atom is 0.308 e. The second-order valence-electron chi connectivity index (χ2n) is 7.91. The summed E-state index contributed by atoms with van der Waals surface area (Å²) in [7, 11) is 0. The molecule has 0 saturated heterocycles. The number of rotatable bonds is 5. The summed E-state index contributed by atoms with van der Waals surface area (Å²) in [6.45, 7) is 9.54. The Kier molecular flexibility index (Phi) is 4.74. The SMILES string of the molecule is CC(=O)C(C)(C)c1ccc2c(c1)C(COC(=O)C(C)C)c1ccccc1-2. The van der Waals surface area contributed by atoms with Crippen molar-refractivity contribution in [2.75, 3.05) is 6.61 Å². The van der Waals surface area contributed by atoms with Gasteiger partial charge in [0.25, 0.3) is 0 Å². The van der Waals surface area contributed by atoms with E-state index in [4.69, 9.17) is 4.74 Å². The minimum absolute atomic E-state index is 0.00612. The number of ketones is 1. The van der Waals surface area contributed by atoms with E-state index in [0.29, 0.717) is 6.61 Å². The summed E-state index contributed by atoms with van der Waals surface area (Å²) in [4.78, 5) is 24.1. The third-order valence-electron chi connectivity index (χ3n) is 5.52. The number of hydrogen-bond donors (Lipinski definition) is 0. The molecule has 0 amide bonds. The Morgan fingerprint density at radius 3 is 2.35 bits per heavy atom. The fourth-order valence-electron chi connectivity index (χ4n) is 3.41. The van der Waals surface area contributed by atoms with Crippen LogP contribution in [0.15, 0.2) is 42.5 Å². The van der Waals surface area contributed by atoms with Gasteiger partial charge in [0.2, 0.25) is 0 Å². The van der Waals surface area contributed by atoms with Crippen LogP contribution in [0, 0.1) is 5.92 Å². The highest BCUT2D eigenvalue weighted by molar-refractivity contribution is 5.88. The van der Waals surface area contributed by atoms with E-state index in [0.717, 1.165) is 16.7 Å². The number of hydrogen-bond acceptors (Lipinski definition) is 3. The first-order valence-corrected chi connectivity index (χ1v) is 9.15. The number of carbonyl (C=O) groups excluding carboxylic acids is 2. The number of esters is 1. The summed E-state index contributed by atoms with van der Waals surface area (Å²) in [5.41, 5.74) is 5.11. The van der Waals surface area contributed by atoms with Crippen LogP contribution in [0.4, 0.5) is 0 Å². The lowest BCUT2D eigenvalue weighted by Crippen LogP contribution is -2.26. The zero-order valence-electron chi connectivity index (χ0n) is 16.1. The van der Waals surface area contributed by atoms with Crippen LogP contribution in [0.5, 0.6) is 0 Å². The minimum Gasteiger partial charge on any atom is -0.464 e. The summed E-state index contributed by atoms with van der Waals surface area (Å²) in [5.74, 6) is -0.187. The van der Waals surface area contributed by atoms with Crippen LogP contribution in [-0.2, 0) is 19.7 Å². The Morgan fingerprint density at radius 2 is 1.69 bits per heavy atom. The Labute approximate surface area is 155 Å². The summed E-state index contributed by atoms with van der Waals surface area (Å²) in [6, 6.07) is 14.5. The molecular weight excluding hydrogens is 324 g/mol. The molecule has 1 aliphatic carbocycles. The molecule has 0 bridgehead atoms. The van der Waals surface area contributed by atoms with Gasteiger partial charge in [-0.1, -0.05) is 56.3 Å². The van der Waals surface area contributed by atoms with Gasteiger partial charge in [-0.2, -0.15) is 0 Å². The highest BCUT2D eigenvalue weighted by Gasteiger charge is 2.33. The highest BCUT2D eigenvalue weighted by atomic mass is 16.5. The topological polar surface area (TPSA) is 43.4 Å². The Balaban J connectivity index is 2.04. The molecule has 0 fully saturated rings. The van der Waals surface area contributed by atoms with Gasteiger partial charge < -0.3 is 4.74 Å². The van der Waals surface area contributed by atoms with Gasteiger partial charge in [0.15, 0.2) is 0 Å². The molecule has 0 aliphatic heterocycles. The van der Waals surface area contributed by atoms with Crippen LogP contribution in [0.3, 0.4) is 0 Å². The average Bonchev–Trinajstić information content (AvgIpc) is 2.92. The third-order valence-corrected chi connectivity index (χ3v) is 5.52. The first kappa shape index (κ1) is 18.4. The minimum atomic E-state index is -0.539. The first-order valence-electron chi connectivity index (χ1n) is 9.15. The number of Topliss-reactive ketones (excluding diaryl/α,β-unsaturated/α-hetero) is 1. The second-order valence-corrected chi connectivity index (χ2v) is 7.91. The van der Waals surface area contributed by atoms with E-state index < -0.39 is 5.41 Å². The van der Waals surface area contributed by atoms with E-state index in [9.17, 15) is 9.59 Å². The molecule has 3 nitrogen and oxygen atoms in total. The lowest BCUT2D eigenvalue weighted by atomic mass is 9.79. The largest absolute Gasteiger partial charge is 0.464 e. The monoisotopic (exact) mass is 350 g/mol. The highest BCUT2D eigenvalue weighted by Crippen LogP contribution is 2.46. The molecule has 136 valence electrons. The molecule has 2 aromatic carbocycles. The van der Waals surface area contributed by atoms with Crippen LogP contribution in [0.1, 0.15) is 57.2 Å². The fourth-order valence-corrected chi connectivity index (χ4v) is 3.41. The van der Waals surface area contributed by atoms with Crippen molar-refractivity contribution in [3.63, 3.8) is 0 Å². The summed E-state index contributed by atoms with van der Waals surface area (Å²) >= 11 is 0. The van der Waals surface area contributed by atoms with Crippen molar-refractivity contribution < 1.29 is 14.3 Å². The van der Waals surface area contributed by atoms with Crippen LogP contribution in [-0.4, -0.2) is 18.4 Å². The lowest BCUT2D eigenvalue weighted by molar-refractivity contribution is -0.147. The van der Waals surface area contributed by atoms with E-state index >= 15 is 0 Å². The molecule has 0 aromatic heterocycles. The maximum absolute atomic E-state index is 12.1. The number of fused-ring (bicyclic) bond motifs is 3. The summed E-state index contributed by atoms with van der Waals surface area (Å²) < 4.78 is 5.57. The van der Waals surface area contributed by atoms with Crippen molar-refractivity contribution in [1.29, 1.82) is 0 Å². The molecule has 0 heterocycles. The van der Waals surface area contributed by atoms with Crippen molar-refractivity contribution in [2.45, 2.75) is 46.0 Å². The van der Waals surface area contributed by atoms with Gasteiger partial charge in [-0.25, -0.2) is 0 Å². The van der Waals surface area contributed by atoms with Crippen molar-refractivity contribution in [3.05, 3.63) is 59.2 Å². The van der Waals surface area contributed by atoms with Crippen molar-refractivity contribution in [1.82, 2.24) is 0 Å². The number of carbonyl (C=O) groups is 2. The molecule has 1 unspecified atom stereocenters. The molecule has 26 heavy (non-hydrogen) atoms. The lowest BCUT2D eigenvalue weighted by Gasteiger charge is -2.23. The predicted molar refractivity (Wildman–Crippen MR) is 103 cm³/mol. The molecule has 3 heteroatoms. The van der Waals surface area contributed by atoms with Gasteiger partial charge in [-0.15, -0.1) is 0 Å². The van der Waals surface area contributed by atoms with Crippen LogP contribution in [0.25, 0.3) is 11.1 Å². The van der Waals surface area contributed by atoms with Gasteiger partial charge in [0, 0.05) is 11.3 Å². The molecule has 1 aliphatic rings. The molecular formula is C23H26O3. The molecule has 0 radical (unpaired) electrons. The standard InChI is InChI=1S/C23H26O3/c1-14(2)22(25)26-13-21-18-9-7-6-8-17(18)19-11-10-16(12-20(19)21)23(4,5)15(3)24/h6-12,14,21H,13H2,1-5H3. The van der Waals surface area contributed by atoms with Crippen molar-refractivity contribution in [2.24, 2.45) is 5.92 Å². The van der Waals surface area contributed by atoms with E-state index in [1.165, 1.54) is 11.1 Å². The molecule has 0 N–H and O–H groups in total. The van der Waals surface area contributed by atoms with E-state index in [-0.39, 0.29) is 23.6 Å².